The molecule has 0 saturated heterocycles. The minimum Gasteiger partial charge on any atom is -0.491 e. The van der Waals surface area contributed by atoms with Crippen LogP contribution in [0.25, 0.3) is 11.1 Å². The van der Waals surface area contributed by atoms with Gasteiger partial charge in [0.05, 0.1) is 24.5 Å². The quantitative estimate of drug-likeness (QED) is 0.533. The van der Waals surface area contributed by atoms with Gasteiger partial charge in [0.25, 0.3) is 0 Å². The highest BCUT2D eigenvalue weighted by Crippen LogP contribution is 2.36. The second kappa shape index (κ2) is 8.76. The summed E-state index contributed by atoms with van der Waals surface area (Å²) in [6, 6.07) is 13.0. The van der Waals surface area contributed by atoms with Crippen molar-refractivity contribution < 1.29 is 4.74 Å². The van der Waals surface area contributed by atoms with E-state index in [1.165, 1.54) is 11.3 Å². The van der Waals surface area contributed by atoms with E-state index in [1.807, 2.05) is 21.0 Å². The molecule has 2 aliphatic rings. The van der Waals surface area contributed by atoms with Crippen LogP contribution in [0.3, 0.4) is 0 Å². The fourth-order valence-electron chi connectivity index (χ4n) is 4.44. The van der Waals surface area contributed by atoms with Crippen LogP contribution in [-0.4, -0.2) is 47.8 Å². The van der Waals surface area contributed by atoms with Crippen molar-refractivity contribution in [2.24, 2.45) is 4.99 Å². The van der Waals surface area contributed by atoms with E-state index in [0.717, 1.165) is 51.9 Å². The molecule has 0 N–H and O–H groups in total. The van der Waals surface area contributed by atoms with Crippen LogP contribution in [0, 0.1) is 6.92 Å². The molecule has 3 aromatic rings. The molecule has 0 atom stereocenters. The molecule has 33 heavy (non-hydrogen) atoms. The fourth-order valence-corrected chi connectivity index (χ4v) is 4.64. The van der Waals surface area contributed by atoms with Gasteiger partial charge in [0.2, 0.25) is 0 Å². The number of aryl methyl sites for hydroxylation is 1. The molecule has 5 rings (SSSR count). The first-order valence-corrected chi connectivity index (χ1v) is 11.6. The molecule has 0 bridgehead atoms. The lowest BCUT2D eigenvalue weighted by atomic mass is 9.99. The van der Waals surface area contributed by atoms with Gasteiger partial charge in [-0.05, 0) is 62.8 Å². The van der Waals surface area contributed by atoms with Crippen molar-refractivity contribution in [3.05, 3.63) is 64.1 Å². The second-order valence-corrected chi connectivity index (χ2v) is 9.44. The normalized spacial score (nSPS) is 15.1. The lowest BCUT2D eigenvalue weighted by Gasteiger charge is -2.24. The van der Waals surface area contributed by atoms with Gasteiger partial charge in [-0.15, -0.1) is 0 Å². The van der Waals surface area contributed by atoms with Crippen LogP contribution in [0.15, 0.2) is 41.4 Å². The maximum atomic E-state index is 6.68. The van der Waals surface area contributed by atoms with Gasteiger partial charge < -0.3 is 14.5 Å². The number of benzene rings is 2. The Bertz CT molecular complexity index is 1250. The van der Waals surface area contributed by atoms with E-state index in [1.54, 1.807) is 0 Å². The number of hydrogen-bond acceptors (Lipinski definition) is 6. The molecule has 1 aromatic heterocycles. The van der Waals surface area contributed by atoms with Crippen molar-refractivity contribution in [1.29, 1.82) is 0 Å². The number of nitrogens with zero attached hydrogens (tertiary/aromatic N) is 5. The molecule has 2 aliphatic heterocycles. The first-order chi connectivity index (χ1) is 15.9. The summed E-state index contributed by atoms with van der Waals surface area (Å²) in [4.78, 5) is 18.3. The Hall–Kier alpha value is -2.96. The second-order valence-electron chi connectivity index (χ2n) is 9.06. The molecule has 6 nitrogen and oxygen atoms in total. The zero-order valence-corrected chi connectivity index (χ0v) is 20.3. The van der Waals surface area contributed by atoms with Gasteiger partial charge in [0.15, 0.2) is 5.82 Å². The van der Waals surface area contributed by atoms with E-state index in [9.17, 15) is 0 Å². The Balaban J connectivity index is 1.48. The molecule has 0 fully saturated rings. The number of halogens is 1. The number of aromatic nitrogens is 2. The summed E-state index contributed by atoms with van der Waals surface area (Å²) in [5.74, 6) is 2.45. The van der Waals surface area contributed by atoms with E-state index in [2.05, 4.69) is 58.1 Å². The Labute approximate surface area is 199 Å². The monoisotopic (exact) mass is 461 g/mol. The molecular formula is C26H28ClN5O. The van der Waals surface area contributed by atoms with E-state index < -0.39 is 0 Å². The third kappa shape index (κ3) is 4.45. The number of ether oxygens (including phenoxy) is 1. The highest BCUT2D eigenvalue weighted by molar-refractivity contribution is 6.33. The highest BCUT2D eigenvalue weighted by atomic mass is 35.5. The molecule has 0 amide bonds. The number of rotatable bonds is 4. The zero-order valence-electron chi connectivity index (χ0n) is 19.5. The summed E-state index contributed by atoms with van der Waals surface area (Å²) in [5, 5.41) is 0.601. The van der Waals surface area contributed by atoms with E-state index in [0.29, 0.717) is 31.3 Å². The van der Waals surface area contributed by atoms with Crippen LogP contribution in [0.2, 0.25) is 5.02 Å². The van der Waals surface area contributed by atoms with Crippen LogP contribution in [0.4, 0.5) is 11.5 Å². The maximum absolute atomic E-state index is 6.68. The molecule has 170 valence electrons. The Kier molecular flexibility index (Phi) is 5.81. The molecule has 7 heteroatoms. The average molecular weight is 462 g/mol. The Morgan fingerprint density at radius 1 is 1.03 bits per heavy atom. The van der Waals surface area contributed by atoms with Crippen LogP contribution in [0.1, 0.15) is 29.6 Å². The van der Waals surface area contributed by atoms with Crippen LogP contribution in [0.5, 0.6) is 5.75 Å². The summed E-state index contributed by atoms with van der Waals surface area (Å²) in [6.07, 6.45) is 0.942. The van der Waals surface area contributed by atoms with Gasteiger partial charge in [-0.2, -0.15) is 0 Å². The Morgan fingerprint density at radius 2 is 1.82 bits per heavy atom. The molecule has 0 radical (unpaired) electrons. The van der Waals surface area contributed by atoms with Gasteiger partial charge in [0.1, 0.15) is 23.2 Å². The van der Waals surface area contributed by atoms with Crippen molar-refractivity contribution in [2.75, 3.05) is 32.1 Å². The topological polar surface area (TPSA) is 53.9 Å². The van der Waals surface area contributed by atoms with E-state index in [4.69, 9.17) is 26.3 Å². The van der Waals surface area contributed by atoms with Crippen molar-refractivity contribution in [3.63, 3.8) is 0 Å². The van der Waals surface area contributed by atoms with Crippen LogP contribution >= 0.6 is 11.6 Å². The minimum absolute atomic E-state index is 0.571. The predicted molar refractivity (Wildman–Crippen MR) is 134 cm³/mol. The molecular weight excluding hydrogens is 434 g/mol. The third-order valence-electron chi connectivity index (χ3n) is 6.02. The van der Waals surface area contributed by atoms with E-state index >= 15 is 0 Å². The van der Waals surface area contributed by atoms with Gasteiger partial charge in [-0.3, -0.25) is 4.99 Å². The summed E-state index contributed by atoms with van der Waals surface area (Å²) in [7, 11) is 4.02. The number of fused-ring (bicyclic) bond motifs is 2. The molecule has 0 spiro atoms. The van der Waals surface area contributed by atoms with Crippen molar-refractivity contribution in [3.8, 4) is 16.9 Å². The maximum Gasteiger partial charge on any atom is 0.151 e. The third-order valence-corrected chi connectivity index (χ3v) is 6.46. The van der Waals surface area contributed by atoms with Crippen molar-refractivity contribution >= 4 is 28.8 Å². The summed E-state index contributed by atoms with van der Waals surface area (Å²) >= 11 is 6.68. The van der Waals surface area contributed by atoms with Gasteiger partial charge in [-0.25, -0.2) is 9.97 Å². The first kappa shape index (κ1) is 21.9. The minimum atomic E-state index is 0.571. The summed E-state index contributed by atoms with van der Waals surface area (Å²) in [6.45, 7) is 6.62. The standard InChI is InChI=1S/C26H28ClN5O/c1-16-11-20-6-5-19(13-22(20)28-16)18-7-8-23-21(12-18)14-32(9-10-33-23)26-25(27)17(2)29-24(30-26)15-31(3)4/h5-8,12-13H,9-11,14-15H2,1-4H3. The molecule has 2 aromatic carbocycles. The first-order valence-electron chi connectivity index (χ1n) is 11.2. The smallest absolute Gasteiger partial charge is 0.151 e. The van der Waals surface area contributed by atoms with E-state index in [-0.39, 0.29) is 0 Å². The number of anilines is 1. The zero-order chi connectivity index (χ0) is 23.1. The van der Waals surface area contributed by atoms with Crippen LogP contribution in [-0.2, 0) is 19.5 Å². The largest absolute Gasteiger partial charge is 0.491 e. The SMILES string of the molecule is CC1=Nc2cc(-c3ccc4c(c3)CN(c3nc(CN(C)C)nc(C)c3Cl)CCO4)ccc2C1. The molecule has 0 saturated carbocycles. The molecule has 0 aliphatic carbocycles. The average Bonchev–Trinajstić information content (AvgIpc) is 3.01. The van der Waals surface area contributed by atoms with Crippen LogP contribution < -0.4 is 9.64 Å². The summed E-state index contributed by atoms with van der Waals surface area (Å²) < 4.78 is 6.09. The highest BCUT2D eigenvalue weighted by Gasteiger charge is 2.22. The number of aliphatic imine (C=N–C) groups is 1. The lowest BCUT2D eigenvalue weighted by Crippen LogP contribution is -2.27. The lowest BCUT2D eigenvalue weighted by molar-refractivity contribution is 0.331. The molecule has 3 heterocycles. The predicted octanol–water partition coefficient (Wildman–Crippen LogP) is 5.21. The van der Waals surface area contributed by atoms with Crippen molar-refractivity contribution in [1.82, 2.24) is 14.9 Å². The fraction of sp³-hybridized carbons (Fsp3) is 0.346. The van der Waals surface area contributed by atoms with Crippen molar-refractivity contribution in [2.45, 2.75) is 33.4 Å². The Morgan fingerprint density at radius 3 is 2.64 bits per heavy atom. The summed E-state index contributed by atoms with van der Waals surface area (Å²) in [5.41, 5.74) is 7.77. The van der Waals surface area contributed by atoms with Gasteiger partial charge in [0, 0.05) is 24.2 Å². The number of hydrogen-bond donors (Lipinski definition) is 0. The molecule has 0 unspecified atom stereocenters. The van der Waals surface area contributed by atoms with Gasteiger partial charge in [-0.1, -0.05) is 29.8 Å². The van der Waals surface area contributed by atoms with Gasteiger partial charge >= 0.3 is 0 Å².